The predicted molar refractivity (Wildman–Crippen MR) is 107 cm³/mol. The van der Waals surface area contributed by atoms with Gasteiger partial charge in [-0.25, -0.2) is 4.39 Å². The van der Waals surface area contributed by atoms with E-state index < -0.39 is 10.8 Å². The van der Waals surface area contributed by atoms with Gasteiger partial charge >= 0.3 is 0 Å². The normalized spacial score (nSPS) is 20.0. The van der Waals surface area contributed by atoms with Crippen LogP contribution in [0.15, 0.2) is 24.3 Å². The van der Waals surface area contributed by atoms with Crippen molar-refractivity contribution >= 4 is 22.5 Å². The van der Waals surface area contributed by atoms with E-state index in [-0.39, 0.29) is 24.3 Å². The molecule has 148 valence electrons. The van der Waals surface area contributed by atoms with E-state index in [2.05, 4.69) is 11.4 Å². The molecule has 0 spiro atoms. The number of nitrogens with zero attached hydrogens (tertiary/aromatic N) is 3. The fraction of sp³-hybridized carbons (Fsp3) is 0.400. The molecule has 1 N–H and O–H groups in total. The molecule has 2 heterocycles. The number of rotatable bonds is 4. The van der Waals surface area contributed by atoms with Gasteiger partial charge in [0.05, 0.1) is 12.1 Å². The van der Waals surface area contributed by atoms with Gasteiger partial charge in [0.2, 0.25) is 5.91 Å². The molecule has 0 bridgehead atoms. The van der Waals surface area contributed by atoms with Crippen molar-refractivity contribution in [1.82, 2.24) is 9.47 Å². The van der Waals surface area contributed by atoms with Crippen LogP contribution in [0.5, 0.6) is 0 Å². The fourth-order valence-corrected chi connectivity index (χ4v) is 4.82. The first-order valence-electron chi connectivity index (χ1n) is 9.08. The van der Waals surface area contributed by atoms with Crippen LogP contribution < -0.4 is 5.32 Å². The number of anilines is 1. The molecule has 0 aliphatic carbocycles. The Bertz CT molecular complexity index is 962. The first kappa shape index (κ1) is 20.2. The zero-order chi connectivity index (χ0) is 20.4. The van der Waals surface area contributed by atoms with Crippen LogP contribution in [-0.2, 0) is 15.6 Å². The number of amides is 1. The van der Waals surface area contributed by atoms with Crippen LogP contribution in [0, 0.1) is 31.0 Å². The number of nitrogens with one attached hydrogen (secondary N) is 1. The molecule has 2 atom stereocenters. The second kappa shape index (κ2) is 8.25. The van der Waals surface area contributed by atoms with Crippen molar-refractivity contribution in [3.05, 3.63) is 46.9 Å². The van der Waals surface area contributed by atoms with E-state index in [1.165, 1.54) is 12.1 Å². The molecule has 1 amide bonds. The lowest BCUT2D eigenvalue weighted by Gasteiger charge is -2.32. The molecular formula is C20H23FN4O2S. The van der Waals surface area contributed by atoms with Gasteiger partial charge in [0, 0.05) is 46.3 Å². The van der Waals surface area contributed by atoms with E-state index in [1.807, 2.05) is 25.7 Å². The molecule has 1 aromatic carbocycles. The van der Waals surface area contributed by atoms with E-state index in [9.17, 15) is 18.7 Å². The number of carbonyl (C=O) groups excluding carboxylic acids is 1. The van der Waals surface area contributed by atoms with Crippen LogP contribution in [-0.4, -0.2) is 50.2 Å². The minimum Gasteiger partial charge on any atom is -0.310 e. The summed E-state index contributed by atoms with van der Waals surface area (Å²) in [7, 11) is -0.830. The van der Waals surface area contributed by atoms with E-state index in [1.54, 1.807) is 16.7 Å². The van der Waals surface area contributed by atoms with Crippen LogP contribution in [0.1, 0.15) is 23.7 Å². The van der Waals surface area contributed by atoms with Gasteiger partial charge in [-0.1, -0.05) is 0 Å². The predicted octanol–water partition coefficient (Wildman–Crippen LogP) is 2.50. The lowest BCUT2D eigenvalue weighted by Crippen LogP contribution is -2.48. The van der Waals surface area contributed by atoms with Crippen molar-refractivity contribution in [3.63, 3.8) is 0 Å². The average molecular weight is 402 g/mol. The smallest absolute Gasteiger partial charge is 0.239 e. The summed E-state index contributed by atoms with van der Waals surface area (Å²) in [5.74, 6) is 0.915. The maximum atomic E-state index is 13.3. The second-order valence-electron chi connectivity index (χ2n) is 7.04. The highest BCUT2D eigenvalue weighted by Gasteiger charge is 2.26. The molecule has 1 fully saturated rings. The lowest BCUT2D eigenvalue weighted by atomic mass is 10.2. The topological polar surface area (TPSA) is 78.1 Å². The van der Waals surface area contributed by atoms with Gasteiger partial charge in [-0.3, -0.25) is 18.5 Å². The number of hydrogen-bond donors (Lipinski definition) is 1. The summed E-state index contributed by atoms with van der Waals surface area (Å²) in [6.07, 6.45) is 0. The Kier molecular flexibility index (Phi) is 5.96. The van der Waals surface area contributed by atoms with E-state index in [0.29, 0.717) is 35.1 Å². The SMILES string of the molecule is Cc1c(C#N)c(NC(=O)CN2CC[S@@](=O)C[C@H]2C)n(-c2ccc(F)cc2)c1C. The number of nitriles is 1. The van der Waals surface area contributed by atoms with Gasteiger partial charge in [0.1, 0.15) is 17.7 Å². The minimum atomic E-state index is -0.830. The summed E-state index contributed by atoms with van der Waals surface area (Å²) in [5.41, 5.74) is 2.63. The molecule has 3 rings (SSSR count). The van der Waals surface area contributed by atoms with Crippen LogP contribution in [0.2, 0.25) is 0 Å². The number of benzene rings is 1. The van der Waals surface area contributed by atoms with Crippen molar-refractivity contribution in [2.24, 2.45) is 0 Å². The van der Waals surface area contributed by atoms with E-state index in [4.69, 9.17) is 0 Å². The van der Waals surface area contributed by atoms with E-state index in [0.717, 1.165) is 11.3 Å². The molecule has 1 aliphatic rings. The molecule has 6 nitrogen and oxygen atoms in total. The molecule has 8 heteroatoms. The monoisotopic (exact) mass is 402 g/mol. The zero-order valence-corrected chi connectivity index (χ0v) is 17.0. The lowest BCUT2D eigenvalue weighted by molar-refractivity contribution is -0.117. The van der Waals surface area contributed by atoms with Crippen molar-refractivity contribution < 1.29 is 13.4 Å². The fourth-order valence-electron chi connectivity index (χ4n) is 3.46. The quantitative estimate of drug-likeness (QED) is 0.852. The first-order valence-corrected chi connectivity index (χ1v) is 10.6. The summed E-state index contributed by atoms with van der Waals surface area (Å²) in [4.78, 5) is 14.7. The Morgan fingerprint density at radius 2 is 2.04 bits per heavy atom. The van der Waals surface area contributed by atoms with Gasteiger partial charge in [0.25, 0.3) is 0 Å². The van der Waals surface area contributed by atoms with Crippen LogP contribution in [0.3, 0.4) is 0 Å². The maximum absolute atomic E-state index is 13.3. The molecule has 1 aliphatic heterocycles. The summed E-state index contributed by atoms with van der Waals surface area (Å²) in [6.45, 7) is 6.41. The average Bonchev–Trinajstić information content (AvgIpc) is 2.88. The number of hydrogen-bond acceptors (Lipinski definition) is 4. The third-order valence-electron chi connectivity index (χ3n) is 5.17. The summed E-state index contributed by atoms with van der Waals surface area (Å²) < 4.78 is 26.8. The molecule has 0 unspecified atom stereocenters. The van der Waals surface area contributed by atoms with Crippen LogP contribution in [0.4, 0.5) is 10.2 Å². The molecule has 0 radical (unpaired) electrons. The van der Waals surface area contributed by atoms with Gasteiger partial charge in [-0.05, 0) is 50.6 Å². The van der Waals surface area contributed by atoms with Crippen molar-refractivity contribution in [2.45, 2.75) is 26.8 Å². The molecule has 2 aromatic rings. The number of carbonyl (C=O) groups is 1. The standard InChI is InChI=1S/C20H23FN4O2S/c1-13-12-28(27)9-8-24(13)11-19(26)23-20-18(10-22)14(2)15(3)25(20)17-6-4-16(21)5-7-17/h4-7,13H,8-9,11-12H2,1-3H3,(H,23,26)/t13-,28-/m1/s1. The van der Waals surface area contributed by atoms with Crippen LogP contribution >= 0.6 is 0 Å². The maximum Gasteiger partial charge on any atom is 0.239 e. The summed E-state index contributed by atoms with van der Waals surface area (Å²) in [6, 6.07) is 8.14. The minimum absolute atomic E-state index is 0.0585. The third kappa shape index (κ3) is 4.01. The third-order valence-corrected chi connectivity index (χ3v) is 6.66. The summed E-state index contributed by atoms with van der Waals surface area (Å²) in [5, 5.41) is 12.5. The molecule has 1 saturated heterocycles. The first-order chi connectivity index (χ1) is 13.3. The second-order valence-corrected chi connectivity index (χ2v) is 8.66. The Labute approximate surface area is 166 Å². The summed E-state index contributed by atoms with van der Waals surface area (Å²) >= 11 is 0. The van der Waals surface area contributed by atoms with Gasteiger partial charge in [0.15, 0.2) is 0 Å². The largest absolute Gasteiger partial charge is 0.310 e. The highest BCUT2D eigenvalue weighted by atomic mass is 32.2. The Hall–Kier alpha value is -2.50. The van der Waals surface area contributed by atoms with Gasteiger partial charge in [-0.15, -0.1) is 0 Å². The molecule has 28 heavy (non-hydrogen) atoms. The molecule has 0 saturated carbocycles. The highest BCUT2D eigenvalue weighted by Crippen LogP contribution is 2.30. The van der Waals surface area contributed by atoms with Crippen molar-refractivity contribution in [3.8, 4) is 11.8 Å². The van der Waals surface area contributed by atoms with Crippen molar-refractivity contribution in [1.29, 1.82) is 5.26 Å². The highest BCUT2D eigenvalue weighted by molar-refractivity contribution is 7.85. The van der Waals surface area contributed by atoms with Gasteiger partial charge < -0.3 is 5.32 Å². The Balaban J connectivity index is 1.89. The van der Waals surface area contributed by atoms with Crippen molar-refractivity contribution in [2.75, 3.05) is 29.9 Å². The van der Waals surface area contributed by atoms with Gasteiger partial charge in [-0.2, -0.15) is 5.26 Å². The number of halogens is 1. The zero-order valence-electron chi connectivity index (χ0n) is 16.2. The molecule has 1 aromatic heterocycles. The Morgan fingerprint density at radius 1 is 1.36 bits per heavy atom. The Morgan fingerprint density at radius 3 is 2.64 bits per heavy atom. The van der Waals surface area contributed by atoms with E-state index >= 15 is 0 Å². The molecular weight excluding hydrogens is 379 g/mol. The van der Waals surface area contributed by atoms with Crippen LogP contribution in [0.25, 0.3) is 5.69 Å². The number of aromatic nitrogens is 1.